The molecule has 0 saturated carbocycles. The quantitative estimate of drug-likeness (QED) is 0.775. The molecule has 1 unspecified atom stereocenters. The number of aromatic amines is 1. The van der Waals surface area contributed by atoms with Crippen LogP contribution < -0.4 is 5.56 Å². The minimum atomic E-state index is -0.243. The summed E-state index contributed by atoms with van der Waals surface area (Å²) in [7, 11) is 0. The van der Waals surface area contributed by atoms with Crippen molar-refractivity contribution in [3.8, 4) is 0 Å². The SMILES string of the molecule is Cc1ccccc1C1CN(C(=O)Cc2n[nH]c(=O)c3ccccc23)CCO1. The van der Waals surface area contributed by atoms with E-state index in [-0.39, 0.29) is 24.0 Å². The fraction of sp³-hybridized carbons (Fsp3) is 0.286. The van der Waals surface area contributed by atoms with Crippen LogP contribution in [0.15, 0.2) is 53.3 Å². The number of morpholine rings is 1. The number of aromatic nitrogens is 2. The van der Waals surface area contributed by atoms with E-state index >= 15 is 0 Å². The number of rotatable bonds is 3. The van der Waals surface area contributed by atoms with Gasteiger partial charge in [0.1, 0.15) is 6.10 Å². The van der Waals surface area contributed by atoms with Gasteiger partial charge in [0.2, 0.25) is 5.91 Å². The Morgan fingerprint density at radius 1 is 1.19 bits per heavy atom. The van der Waals surface area contributed by atoms with Crippen LogP contribution >= 0.6 is 0 Å². The molecule has 1 amide bonds. The number of ether oxygens (including phenoxy) is 1. The van der Waals surface area contributed by atoms with Gasteiger partial charge in [-0.2, -0.15) is 5.10 Å². The third-order valence-electron chi connectivity index (χ3n) is 5.05. The largest absolute Gasteiger partial charge is 0.370 e. The van der Waals surface area contributed by atoms with Crippen molar-refractivity contribution < 1.29 is 9.53 Å². The Labute approximate surface area is 156 Å². The van der Waals surface area contributed by atoms with E-state index in [0.717, 1.165) is 16.5 Å². The highest BCUT2D eigenvalue weighted by molar-refractivity contribution is 5.88. The van der Waals surface area contributed by atoms with Crippen LogP contribution in [0.25, 0.3) is 10.8 Å². The Hall–Kier alpha value is -2.99. The average Bonchev–Trinajstić information content (AvgIpc) is 2.71. The molecule has 1 saturated heterocycles. The molecule has 1 N–H and O–H groups in total. The van der Waals surface area contributed by atoms with Gasteiger partial charge >= 0.3 is 0 Å². The zero-order valence-electron chi connectivity index (χ0n) is 15.1. The highest BCUT2D eigenvalue weighted by atomic mass is 16.5. The summed E-state index contributed by atoms with van der Waals surface area (Å²) >= 11 is 0. The molecule has 0 radical (unpaired) electrons. The number of H-pyrrole nitrogens is 1. The lowest BCUT2D eigenvalue weighted by molar-refractivity contribution is -0.138. The zero-order valence-corrected chi connectivity index (χ0v) is 15.1. The van der Waals surface area contributed by atoms with Crippen LogP contribution in [0.4, 0.5) is 0 Å². The molecule has 2 heterocycles. The lowest BCUT2D eigenvalue weighted by Gasteiger charge is -2.34. The minimum absolute atomic E-state index is 0.0124. The maximum Gasteiger partial charge on any atom is 0.272 e. The second kappa shape index (κ2) is 7.32. The summed E-state index contributed by atoms with van der Waals surface area (Å²) in [5.74, 6) is -0.0124. The summed E-state index contributed by atoms with van der Waals surface area (Å²) < 4.78 is 5.90. The van der Waals surface area contributed by atoms with Gasteiger partial charge in [-0.1, -0.05) is 42.5 Å². The van der Waals surface area contributed by atoms with Gasteiger partial charge in [-0.25, -0.2) is 5.10 Å². The summed E-state index contributed by atoms with van der Waals surface area (Å²) in [5, 5.41) is 7.88. The molecule has 1 aliphatic heterocycles. The molecule has 1 aromatic heterocycles. The van der Waals surface area contributed by atoms with Crippen LogP contribution in [0.3, 0.4) is 0 Å². The van der Waals surface area contributed by atoms with Crippen LogP contribution in [0.5, 0.6) is 0 Å². The van der Waals surface area contributed by atoms with E-state index in [0.29, 0.717) is 30.8 Å². The van der Waals surface area contributed by atoms with Crippen molar-refractivity contribution in [2.45, 2.75) is 19.4 Å². The Bertz CT molecular complexity index is 1040. The molecular formula is C21H21N3O3. The van der Waals surface area contributed by atoms with Crippen LogP contribution in [-0.4, -0.2) is 40.7 Å². The zero-order chi connectivity index (χ0) is 18.8. The summed E-state index contributed by atoms with van der Waals surface area (Å²) in [4.78, 5) is 26.6. The summed E-state index contributed by atoms with van der Waals surface area (Å²) in [6.45, 7) is 3.63. The normalized spacial score (nSPS) is 17.2. The standard InChI is InChI=1S/C21H21N3O3/c1-14-6-2-3-7-15(14)19-13-24(10-11-27-19)20(25)12-18-16-8-4-5-9-17(16)21(26)23-22-18/h2-9,19H,10-13H2,1H3,(H,23,26). The smallest absolute Gasteiger partial charge is 0.272 e. The second-order valence-electron chi connectivity index (χ2n) is 6.78. The van der Waals surface area contributed by atoms with E-state index in [1.54, 1.807) is 12.1 Å². The van der Waals surface area contributed by atoms with Gasteiger partial charge in [-0.3, -0.25) is 9.59 Å². The molecule has 0 spiro atoms. The van der Waals surface area contributed by atoms with E-state index in [4.69, 9.17) is 4.74 Å². The number of hydrogen-bond donors (Lipinski definition) is 1. The van der Waals surface area contributed by atoms with Gasteiger partial charge in [0.25, 0.3) is 5.56 Å². The van der Waals surface area contributed by atoms with Crippen molar-refractivity contribution in [1.29, 1.82) is 0 Å². The molecule has 6 nitrogen and oxygen atoms in total. The van der Waals surface area contributed by atoms with Gasteiger partial charge in [-0.05, 0) is 24.1 Å². The Morgan fingerprint density at radius 3 is 2.74 bits per heavy atom. The highest BCUT2D eigenvalue weighted by Gasteiger charge is 2.26. The van der Waals surface area contributed by atoms with Gasteiger partial charge in [-0.15, -0.1) is 0 Å². The van der Waals surface area contributed by atoms with E-state index in [1.165, 1.54) is 0 Å². The first-order chi connectivity index (χ1) is 13.1. The first kappa shape index (κ1) is 17.4. The molecule has 0 bridgehead atoms. The van der Waals surface area contributed by atoms with Crippen molar-refractivity contribution in [3.63, 3.8) is 0 Å². The van der Waals surface area contributed by atoms with Crippen LogP contribution in [0, 0.1) is 6.92 Å². The molecule has 1 atom stereocenters. The van der Waals surface area contributed by atoms with Gasteiger partial charge in [0.15, 0.2) is 0 Å². The maximum atomic E-state index is 12.9. The molecule has 27 heavy (non-hydrogen) atoms. The third-order valence-corrected chi connectivity index (χ3v) is 5.05. The summed E-state index contributed by atoms with van der Waals surface area (Å²) in [5.41, 5.74) is 2.62. The fourth-order valence-electron chi connectivity index (χ4n) is 3.57. The average molecular weight is 363 g/mol. The molecular weight excluding hydrogens is 342 g/mol. The molecule has 138 valence electrons. The summed E-state index contributed by atoms with van der Waals surface area (Å²) in [6.07, 6.45) is 0.0295. The molecule has 6 heteroatoms. The molecule has 0 aliphatic carbocycles. The highest BCUT2D eigenvalue weighted by Crippen LogP contribution is 2.25. The topological polar surface area (TPSA) is 75.3 Å². The molecule has 2 aromatic carbocycles. The van der Waals surface area contributed by atoms with Crippen molar-refractivity contribution in [1.82, 2.24) is 15.1 Å². The Kier molecular flexibility index (Phi) is 4.73. The van der Waals surface area contributed by atoms with Gasteiger partial charge in [0.05, 0.1) is 30.7 Å². The first-order valence-corrected chi connectivity index (χ1v) is 9.04. The number of fused-ring (bicyclic) bond motifs is 1. The molecule has 1 fully saturated rings. The number of nitrogens with zero attached hydrogens (tertiary/aromatic N) is 2. The fourth-order valence-corrected chi connectivity index (χ4v) is 3.57. The first-order valence-electron chi connectivity index (χ1n) is 9.04. The van der Waals surface area contributed by atoms with E-state index < -0.39 is 0 Å². The van der Waals surface area contributed by atoms with Crippen molar-refractivity contribution in [2.24, 2.45) is 0 Å². The van der Waals surface area contributed by atoms with E-state index in [1.807, 2.05) is 35.2 Å². The number of nitrogens with one attached hydrogen (secondary N) is 1. The lowest BCUT2D eigenvalue weighted by Crippen LogP contribution is -2.43. The van der Waals surface area contributed by atoms with Crippen LogP contribution in [-0.2, 0) is 16.0 Å². The van der Waals surface area contributed by atoms with Crippen LogP contribution in [0.1, 0.15) is 22.9 Å². The van der Waals surface area contributed by atoms with E-state index in [2.05, 4.69) is 23.2 Å². The van der Waals surface area contributed by atoms with Crippen molar-refractivity contribution in [2.75, 3.05) is 19.7 Å². The predicted molar refractivity (Wildman–Crippen MR) is 103 cm³/mol. The number of amides is 1. The number of carbonyl (C=O) groups excluding carboxylic acids is 1. The van der Waals surface area contributed by atoms with Crippen molar-refractivity contribution in [3.05, 3.63) is 75.7 Å². The molecule has 3 aromatic rings. The van der Waals surface area contributed by atoms with Crippen LogP contribution in [0.2, 0.25) is 0 Å². The Balaban J connectivity index is 1.54. The predicted octanol–water partition coefficient (Wildman–Crippen LogP) is 2.37. The van der Waals surface area contributed by atoms with Gasteiger partial charge < -0.3 is 9.64 Å². The lowest BCUT2D eigenvalue weighted by atomic mass is 10.0. The van der Waals surface area contributed by atoms with Crippen molar-refractivity contribution >= 4 is 16.7 Å². The van der Waals surface area contributed by atoms with E-state index in [9.17, 15) is 9.59 Å². The number of hydrogen-bond acceptors (Lipinski definition) is 4. The molecule has 4 rings (SSSR count). The third kappa shape index (κ3) is 3.48. The monoisotopic (exact) mass is 363 g/mol. The number of aryl methyl sites for hydroxylation is 1. The Morgan fingerprint density at radius 2 is 1.93 bits per heavy atom. The minimum Gasteiger partial charge on any atom is -0.370 e. The molecule has 1 aliphatic rings. The second-order valence-corrected chi connectivity index (χ2v) is 6.78. The summed E-state index contributed by atoms with van der Waals surface area (Å²) in [6, 6.07) is 15.3. The number of benzene rings is 2. The van der Waals surface area contributed by atoms with Gasteiger partial charge in [0, 0.05) is 11.9 Å². The maximum absolute atomic E-state index is 12.9. The number of carbonyl (C=O) groups is 1.